The third-order valence-corrected chi connectivity index (χ3v) is 7.59. The Morgan fingerprint density at radius 2 is 1.73 bits per heavy atom. The van der Waals surface area contributed by atoms with Crippen molar-refractivity contribution in [3.8, 4) is 11.5 Å². The monoisotopic (exact) mass is 356 g/mol. The van der Waals surface area contributed by atoms with E-state index in [4.69, 9.17) is 9.47 Å². The van der Waals surface area contributed by atoms with E-state index in [2.05, 4.69) is 38.1 Å². The van der Waals surface area contributed by atoms with E-state index in [1.807, 2.05) is 0 Å². The largest absolute Gasteiger partial charge is 0.454 e. The maximum atomic E-state index is 5.52. The summed E-state index contributed by atoms with van der Waals surface area (Å²) in [5.74, 6) is 3.62. The van der Waals surface area contributed by atoms with Crippen LogP contribution in [-0.2, 0) is 6.54 Å². The fourth-order valence-electron chi connectivity index (χ4n) is 5.62. The third kappa shape index (κ3) is 2.84. The minimum atomic E-state index is 0.363. The molecule has 4 heteroatoms. The van der Waals surface area contributed by atoms with Crippen molar-refractivity contribution in [1.82, 2.24) is 0 Å². The summed E-state index contributed by atoms with van der Waals surface area (Å²) in [6.45, 7) is 12.9. The highest BCUT2D eigenvalue weighted by Gasteiger charge is 2.51. The van der Waals surface area contributed by atoms with Gasteiger partial charge in [-0.05, 0) is 53.9 Å². The predicted molar refractivity (Wildman–Crippen MR) is 101 cm³/mol. The van der Waals surface area contributed by atoms with Crippen molar-refractivity contribution in [3.05, 3.63) is 35.4 Å². The van der Waals surface area contributed by atoms with Gasteiger partial charge in [0.2, 0.25) is 6.79 Å². The zero-order valence-electron chi connectivity index (χ0n) is 16.1. The first kappa shape index (κ1) is 16.6. The van der Waals surface area contributed by atoms with Crippen molar-refractivity contribution in [2.75, 3.05) is 39.5 Å². The van der Waals surface area contributed by atoms with Crippen LogP contribution in [0.4, 0.5) is 0 Å². The molecule has 6 rings (SSSR count). The van der Waals surface area contributed by atoms with Gasteiger partial charge in [0.1, 0.15) is 32.7 Å². The number of rotatable bonds is 4. The Morgan fingerprint density at radius 3 is 2.46 bits per heavy atom. The van der Waals surface area contributed by atoms with Crippen LogP contribution in [0.3, 0.4) is 0 Å². The zero-order chi connectivity index (χ0) is 17.7. The smallest absolute Gasteiger partial charge is 0.231 e. The SMILES string of the molecule is CC1(C)[C@H]2CC=C(C[NH+]3CC[NH+](Cc4ccc5c(c4)OCO5)CC3)[C@@H]1C2. The maximum absolute atomic E-state index is 5.52. The third-order valence-electron chi connectivity index (χ3n) is 7.59. The van der Waals surface area contributed by atoms with Crippen molar-refractivity contribution in [2.45, 2.75) is 33.2 Å². The Bertz CT molecular complexity index is 719. The summed E-state index contributed by atoms with van der Waals surface area (Å²) in [5.41, 5.74) is 3.70. The first-order chi connectivity index (χ1) is 12.6. The fourth-order valence-corrected chi connectivity index (χ4v) is 5.62. The molecule has 5 aliphatic rings. The molecular weight excluding hydrogens is 324 g/mol. The Balaban J connectivity index is 1.14. The molecule has 1 aromatic carbocycles. The van der Waals surface area contributed by atoms with E-state index in [0.29, 0.717) is 12.2 Å². The highest BCUT2D eigenvalue weighted by atomic mass is 16.7. The molecule has 26 heavy (non-hydrogen) atoms. The van der Waals surface area contributed by atoms with Crippen molar-refractivity contribution in [1.29, 1.82) is 0 Å². The van der Waals surface area contributed by atoms with Crippen molar-refractivity contribution >= 4 is 0 Å². The topological polar surface area (TPSA) is 27.3 Å². The quantitative estimate of drug-likeness (QED) is 0.777. The van der Waals surface area contributed by atoms with Crippen molar-refractivity contribution in [2.24, 2.45) is 17.3 Å². The first-order valence-corrected chi connectivity index (χ1v) is 10.3. The fraction of sp³-hybridized carbons (Fsp3) is 0.636. The molecule has 2 heterocycles. The van der Waals surface area contributed by atoms with Crippen LogP contribution in [0.1, 0.15) is 32.3 Å². The molecule has 2 aliphatic heterocycles. The summed E-state index contributed by atoms with van der Waals surface area (Å²) < 4.78 is 10.9. The Kier molecular flexibility index (Phi) is 4.02. The average molecular weight is 357 g/mol. The molecule has 2 N–H and O–H groups in total. The maximum Gasteiger partial charge on any atom is 0.231 e. The zero-order valence-corrected chi connectivity index (χ0v) is 16.1. The standard InChI is InChI=1S/C22H30N2O2/c1-22(2)18-5-4-17(19(22)12-18)14-24-9-7-23(8-10-24)13-16-3-6-20-21(11-16)26-15-25-20/h3-4,6,11,18-19H,5,7-10,12-15H2,1-2H3/p+2/t18-,19-/m0/s1. The van der Waals surface area contributed by atoms with Gasteiger partial charge in [-0.15, -0.1) is 0 Å². The number of fused-ring (bicyclic) bond motifs is 2. The van der Waals surface area contributed by atoms with Crippen LogP contribution in [0.2, 0.25) is 0 Å². The van der Waals surface area contributed by atoms with Crippen LogP contribution in [0.25, 0.3) is 0 Å². The summed E-state index contributed by atoms with van der Waals surface area (Å²) in [5, 5.41) is 0. The Labute approximate surface area is 156 Å². The Morgan fingerprint density at radius 1 is 1.00 bits per heavy atom. The van der Waals surface area contributed by atoms with Gasteiger partial charge in [-0.3, -0.25) is 0 Å². The molecule has 0 amide bonds. The molecule has 0 unspecified atom stereocenters. The molecule has 2 fully saturated rings. The molecule has 0 spiro atoms. The number of hydrogen-bond donors (Lipinski definition) is 2. The van der Waals surface area contributed by atoms with Crippen LogP contribution in [0.5, 0.6) is 11.5 Å². The number of ether oxygens (including phenoxy) is 2. The molecule has 2 atom stereocenters. The second-order valence-corrected chi connectivity index (χ2v) is 9.36. The molecule has 3 aliphatic carbocycles. The van der Waals surface area contributed by atoms with Crippen LogP contribution >= 0.6 is 0 Å². The van der Waals surface area contributed by atoms with E-state index in [1.54, 1.807) is 15.4 Å². The number of quaternary nitrogens is 2. The predicted octanol–water partition coefficient (Wildman–Crippen LogP) is 0.691. The van der Waals surface area contributed by atoms with E-state index in [1.165, 1.54) is 51.1 Å². The van der Waals surface area contributed by atoms with Gasteiger partial charge in [-0.2, -0.15) is 0 Å². The van der Waals surface area contributed by atoms with Gasteiger partial charge in [0.05, 0.1) is 6.54 Å². The van der Waals surface area contributed by atoms with Gasteiger partial charge >= 0.3 is 0 Å². The number of nitrogens with one attached hydrogen (secondary N) is 2. The molecule has 0 aromatic heterocycles. The average Bonchev–Trinajstić information content (AvgIpc) is 3.11. The minimum Gasteiger partial charge on any atom is -0.454 e. The normalized spacial score (nSPS) is 34.2. The van der Waals surface area contributed by atoms with Gasteiger partial charge < -0.3 is 19.3 Å². The van der Waals surface area contributed by atoms with Crippen molar-refractivity contribution in [3.63, 3.8) is 0 Å². The van der Waals surface area contributed by atoms with Gasteiger partial charge in [0.25, 0.3) is 0 Å². The lowest BCUT2D eigenvalue weighted by molar-refractivity contribution is -1.02. The van der Waals surface area contributed by atoms with E-state index >= 15 is 0 Å². The number of hydrogen-bond acceptors (Lipinski definition) is 2. The summed E-state index contributed by atoms with van der Waals surface area (Å²) in [6, 6.07) is 6.42. The second-order valence-electron chi connectivity index (χ2n) is 9.36. The summed E-state index contributed by atoms with van der Waals surface area (Å²) >= 11 is 0. The van der Waals surface area contributed by atoms with E-state index in [0.717, 1.165) is 29.9 Å². The van der Waals surface area contributed by atoms with Gasteiger partial charge in [-0.25, -0.2) is 0 Å². The second kappa shape index (κ2) is 6.28. The summed E-state index contributed by atoms with van der Waals surface area (Å²) in [7, 11) is 0. The molecule has 2 bridgehead atoms. The lowest BCUT2D eigenvalue weighted by Gasteiger charge is -2.56. The van der Waals surface area contributed by atoms with E-state index < -0.39 is 0 Å². The summed E-state index contributed by atoms with van der Waals surface area (Å²) in [4.78, 5) is 3.50. The first-order valence-electron chi connectivity index (χ1n) is 10.3. The molecule has 1 aromatic rings. The van der Waals surface area contributed by atoms with Crippen LogP contribution in [0.15, 0.2) is 29.8 Å². The summed E-state index contributed by atoms with van der Waals surface area (Å²) in [6.07, 6.45) is 5.37. The molecule has 0 radical (unpaired) electrons. The molecule has 140 valence electrons. The highest BCUT2D eigenvalue weighted by molar-refractivity contribution is 5.44. The van der Waals surface area contributed by atoms with Crippen LogP contribution < -0.4 is 19.3 Å². The van der Waals surface area contributed by atoms with Gasteiger partial charge in [0.15, 0.2) is 11.5 Å². The van der Waals surface area contributed by atoms with E-state index in [9.17, 15) is 0 Å². The molecule has 4 nitrogen and oxygen atoms in total. The van der Waals surface area contributed by atoms with Gasteiger partial charge in [0, 0.05) is 5.56 Å². The molecular formula is C22H32N2O2+2. The number of allylic oxidation sites excluding steroid dienone is 1. The van der Waals surface area contributed by atoms with Crippen LogP contribution in [0, 0.1) is 17.3 Å². The minimum absolute atomic E-state index is 0.363. The van der Waals surface area contributed by atoms with Crippen LogP contribution in [-0.4, -0.2) is 39.5 Å². The molecule has 1 saturated carbocycles. The highest BCUT2D eigenvalue weighted by Crippen LogP contribution is 2.58. The lowest BCUT2D eigenvalue weighted by atomic mass is 9.49. The molecule has 1 saturated heterocycles. The number of piperazine rings is 1. The Hall–Kier alpha value is -1.52. The number of benzene rings is 1. The van der Waals surface area contributed by atoms with Crippen molar-refractivity contribution < 1.29 is 19.3 Å². The lowest BCUT2D eigenvalue weighted by Crippen LogP contribution is -3.27. The van der Waals surface area contributed by atoms with Gasteiger partial charge in [-0.1, -0.05) is 19.9 Å². The van der Waals surface area contributed by atoms with E-state index in [-0.39, 0.29) is 0 Å².